The first-order chi connectivity index (χ1) is 10.7. The van der Waals surface area contributed by atoms with Crippen molar-refractivity contribution in [2.75, 3.05) is 13.2 Å². The highest BCUT2D eigenvalue weighted by Gasteiger charge is 2.27. The lowest BCUT2D eigenvalue weighted by Gasteiger charge is -2.25. The van der Waals surface area contributed by atoms with Gasteiger partial charge in [0.2, 0.25) is 6.10 Å². The van der Waals surface area contributed by atoms with Gasteiger partial charge in [0, 0.05) is 11.4 Å². The van der Waals surface area contributed by atoms with E-state index in [1.165, 1.54) is 11.3 Å². The molecule has 2 atom stereocenters. The van der Waals surface area contributed by atoms with E-state index in [0.29, 0.717) is 24.5 Å². The first kappa shape index (κ1) is 14.9. The minimum absolute atomic E-state index is 0.191. The number of hydrogen-bond acceptors (Lipinski definition) is 5. The summed E-state index contributed by atoms with van der Waals surface area (Å²) in [5.41, 5.74) is 0. The number of para-hydroxylation sites is 2. The molecule has 0 aliphatic carbocycles. The van der Waals surface area contributed by atoms with Crippen LogP contribution in [-0.2, 0) is 4.79 Å². The van der Waals surface area contributed by atoms with Crippen molar-refractivity contribution in [3.63, 3.8) is 0 Å². The third-order valence-electron chi connectivity index (χ3n) is 3.39. The Kier molecular flexibility index (Phi) is 4.60. The minimum Gasteiger partial charge on any atom is -0.485 e. The summed E-state index contributed by atoms with van der Waals surface area (Å²) >= 11 is 1.50. The number of thiophene rings is 1. The Labute approximate surface area is 132 Å². The summed E-state index contributed by atoms with van der Waals surface area (Å²) in [6.45, 7) is 0.579. The Balaban J connectivity index is 1.47. The first-order valence-electron chi connectivity index (χ1n) is 7.11. The van der Waals surface area contributed by atoms with E-state index < -0.39 is 12.2 Å². The highest BCUT2D eigenvalue weighted by Crippen LogP contribution is 2.30. The van der Waals surface area contributed by atoms with Crippen LogP contribution in [0, 0.1) is 0 Å². The summed E-state index contributed by atoms with van der Waals surface area (Å²) < 4.78 is 11.1. The van der Waals surface area contributed by atoms with Crippen molar-refractivity contribution >= 4 is 17.2 Å². The van der Waals surface area contributed by atoms with Crippen molar-refractivity contribution in [3.8, 4) is 11.5 Å². The Hall–Kier alpha value is -2.05. The number of hydrogen-bond donors (Lipinski definition) is 2. The second kappa shape index (κ2) is 6.81. The van der Waals surface area contributed by atoms with E-state index in [4.69, 9.17) is 9.47 Å². The van der Waals surface area contributed by atoms with E-state index in [0.717, 1.165) is 4.88 Å². The number of carbonyl (C=O) groups is 1. The number of carbonyl (C=O) groups excluding carboxylic acids is 1. The number of ether oxygens (including phenoxy) is 2. The van der Waals surface area contributed by atoms with E-state index in [-0.39, 0.29) is 12.5 Å². The smallest absolute Gasteiger partial charge is 0.264 e. The largest absolute Gasteiger partial charge is 0.485 e. The molecule has 0 unspecified atom stereocenters. The van der Waals surface area contributed by atoms with Crippen molar-refractivity contribution < 1.29 is 19.4 Å². The molecule has 0 radical (unpaired) electrons. The van der Waals surface area contributed by atoms with Gasteiger partial charge in [0.15, 0.2) is 11.5 Å². The second-order valence-corrected chi connectivity index (χ2v) is 5.95. The van der Waals surface area contributed by atoms with Crippen molar-refractivity contribution in [1.29, 1.82) is 0 Å². The van der Waals surface area contributed by atoms with Gasteiger partial charge in [-0.2, -0.15) is 0 Å². The molecule has 5 nitrogen and oxygen atoms in total. The van der Waals surface area contributed by atoms with Crippen LogP contribution in [0.15, 0.2) is 41.8 Å². The molecule has 1 amide bonds. The van der Waals surface area contributed by atoms with E-state index >= 15 is 0 Å². The van der Waals surface area contributed by atoms with Gasteiger partial charge < -0.3 is 19.9 Å². The average Bonchev–Trinajstić information content (AvgIpc) is 3.08. The summed E-state index contributed by atoms with van der Waals surface area (Å²) in [6.07, 6.45) is -0.741. The molecule has 6 heteroatoms. The van der Waals surface area contributed by atoms with Gasteiger partial charge in [0.25, 0.3) is 5.91 Å². The van der Waals surface area contributed by atoms with Crippen LogP contribution in [0.3, 0.4) is 0 Å². The van der Waals surface area contributed by atoms with E-state index in [2.05, 4.69) is 5.32 Å². The minimum atomic E-state index is -0.659. The van der Waals surface area contributed by atoms with Gasteiger partial charge in [0.1, 0.15) is 6.61 Å². The molecule has 3 rings (SSSR count). The summed E-state index contributed by atoms with van der Waals surface area (Å²) in [5.74, 6) is 1.00. The van der Waals surface area contributed by atoms with Crippen LogP contribution in [0.1, 0.15) is 17.4 Å². The molecule has 0 spiro atoms. The van der Waals surface area contributed by atoms with Crippen molar-refractivity contribution in [2.45, 2.75) is 18.6 Å². The van der Waals surface area contributed by atoms with E-state index in [1.54, 1.807) is 12.1 Å². The van der Waals surface area contributed by atoms with Crippen LogP contribution in [0.4, 0.5) is 0 Å². The molecule has 0 bridgehead atoms. The number of nitrogens with one attached hydrogen (secondary N) is 1. The topological polar surface area (TPSA) is 67.8 Å². The van der Waals surface area contributed by atoms with Crippen LogP contribution < -0.4 is 14.8 Å². The third kappa shape index (κ3) is 3.40. The highest BCUT2D eigenvalue weighted by atomic mass is 32.1. The molecule has 2 aromatic rings. The van der Waals surface area contributed by atoms with Crippen molar-refractivity contribution in [1.82, 2.24) is 5.32 Å². The molecule has 2 N–H and O–H groups in total. The molecule has 0 fully saturated rings. The third-order valence-corrected chi connectivity index (χ3v) is 4.36. The van der Waals surface area contributed by atoms with Gasteiger partial charge in [-0.25, -0.2) is 0 Å². The maximum absolute atomic E-state index is 12.1. The van der Waals surface area contributed by atoms with Gasteiger partial charge in [-0.15, -0.1) is 11.3 Å². The van der Waals surface area contributed by atoms with E-state index in [1.807, 2.05) is 29.6 Å². The van der Waals surface area contributed by atoms with Crippen LogP contribution in [0.25, 0.3) is 0 Å². The molecule has 2 heterocycles. The van der Waals surface area contributed by atoms with Gasteiger partial charge in [-0.3, -0.25) is 4.79 Å². The number of amides is 1. The molecule has 1 aromatic heterocycles. The van der Waals surface area contributed by atoms with Gasteiger partial charge in [-0.1, -0.05) is 18.2 Å². The van der Waals surface area contributed by atoms with Crippen molar-refractivity contribution in [3.05, 3.63) is 46.7 Å². The second-order valence-electron chi connectivity index (χ2n) is 4.98. The Bertz CT molecular complexity index is 629. The zero-order valence-electron chi connectivity index (χ0n) is 11.9. The molecule has 22 heavy (non-hydrogen) atoms. The molecule has 0 saturated carbocycles. The fourth-order valence-electron chi connectivity index (χ4n) is 2.22. The molecule has 1 aliphatic heterocycles. The molecule has 0 saturated heterocycles. The zero-order chi connectivity index (χ0) is 15.4. The molecular formula is C16H17NO4S. The fraction of sp³-hybridized carbons (Fsp3) is 0.312. The lowest BCUT2D eigenvalue weighted by atomic mass is 10.2. The summed E-state index contributed by atoms with van der Waals surface area (Å²) in [7, 11) is 0. The Morgan fingerprint density at radius 1 is 1.32 bits per heavy atom. The van der Waals surface area contributed by atoms with Gasteiger partial charge >= 0.3 is 0 Å². The number of benzene rings is 1. The highest BCUT2D eigenvalue weighted by molar-refractivity contribution is 7.10. The maximum atomic E-state index is 12.1. The monoisotopic (exact) mass is 319 g/mol. The van der Waals surface area contributed by atoms with Crippen molar-refractivity contribution in [2.24, 2.45) is 0 Å². The normalized spacial score (nSPS) is 17.8. The quantitative estimate of drug-likeness (QED) is 0.886. The summed E-state index contributed by atoms with van der Waals surface area (Å²) in [4.78, 5) is 13.0. The number of aliphatic hydroxyl groups excluding tert-OH is 1. The Morgan fingerprint density at radius 3 is 2.91 bits per heavy atom. The molecule has 1 aliphatic rings. The van der Waals surface area contributed by atoms with Crippen LogP contribution in [0.5, 0.6) is 11.5 Å². The van der Waals surface area contributed by atoms with E-state index in [9.17, 15) is 9.90 Å². The molecular weight excluding hydrogens is 302 g/mol. The maximum Gasteiger partial charge on any atom is 0.264 e. The summed E-state index contributed by atoms with van der Waals surface area (Å²) in [6, 6.07) is 11.0. The van der Waals surface area contributed by atoms with Crippen LogP contribution in [-0.4, -0.2) is 30.3 Å². The first-order valence-corrected chi connectivity index (χ1v) is 7.99. The summed E-state index contributed by atoms with van der Waals surface area (Å²) in [5, 5.41) is 14.7. The van der Waals surface area contributed by atoms with Gasteiger partial charge in [-0.05, 0) is 30.0 Å². The lowest BCUT2D eigenvalue weighted by molar-refractivity contribution is -0.130. The molecule has 1 aromatic carbocycles. The molecule has 116 valence electrons. The predicted octanol–water partition coefficient (Wildman–Crippen LogP) is 2.13. The lowest BCUT2D eigenvalue weighted by Crippen LogP contribution is -2.44. The standard InChI is InChI=1S/C16H17NO4S/c18-11(15-6-3-9-22-15)7-8-17-16(19)14-10-20-12-4-1-2-5-13(12)21-14/h1-6,9,11,14,18H,7-8,10H2,(H,17,19)/t11-,14+/m1/s1. The average molecular weight is 319 g/mol. The number of aliphatic hydroxyl groups is 1. The fourth-order valence-corrected chi connectivity index (χ4v) is 2.96. The van der Waals surface area contributed by atoms with Gasteiger partial charge in [0.05, 0.1) is 6.10 Å². The number of rotatable bonds is 5. The Morgan fingerprint density at radius 2 is 2.14 bits per heavy atom. The predicted molar refractivity (Wildman–Crippen MR) is 83.3 cm³/mol. The van der Waals surface area contributed by atoms with Crippen LogP contribution >= 0.6 is 11.3 Å². The SMILES string of the molecule is O=C(NCC[C@@H](O)c1cccs1)[C@@H]1COc2ccccc2O1. The zero-order valence-corrected chi connectivity index (χ0v) is 12.7. The number of fused-ring (bicyclic) bond motifs is 1. The van der Waals surface area contributed by atoms with Crippen LogP contribution in [0.2, 0.25) is 0 Å².